The van der Waals surface area contributed by atoms with E-state index in [9.17, 15) is 8.78 Å². The molecule has 3 rings (SSSR count). The minimum absolute atomic E-state index is 0.207. The molecule has 1 aromatic heterocycles. The van der Waals surface area contributed by atoms with Crippen molar-refractivity contribution >= 4 is 0 Å². The van der Waals surface area contributed by atoms with Gasteiger partial charge in [-0.05, 0) is 37.0 Å². The molecule has 1 unspecified atom stereocenters. The second kappa shape index (κ2) is 5.32. The molecule has 1 N–H and O–H groups in total. The van der Waals surface area contributed by atoms with Gasteiger partial charge in [-0.1, -0.05) is 0 Å². The van der Waals surface area contributed by atoms with Gasteiger partial charge in [0.15, 0.2) is 0 Å². The number of aromatic nitrogens is 2. The van der Waals surface area contributed by atoms with Crippen LogP contribution in [0.1, 0.15) is 35.7 Å². The summed E-state index contributed by atoms with van der Waals surface area (Å²) in [5, 5.41) is 7.66. The van der Waals surface area contributed by atoms with E-state index in [-0.39, 0.29) is 6.04 Å². The van der Waals surface area contributed by atoms with Crippen LogP contribution in [0.4, 0.5) is 8.78 Å². The molecule has 20 heavy (non-hydrogen) atoms. The van der Waals surface area contributed by atoms with Crippen molar-refractivity contribution < 1.29 is 8.78 Å². The van der Waals surface area contributed by atoms with Crippen LogP contribution in [0.2, 0.25) is 0 Å². The van der Waals surface area contributed by atoms with Gasteiger partial charge in [0.05, 0.1) is 6.20 Å². The van der Waals surface area contributed by atoms with Crippen LogP contribution >= 0.6 is 0 Å². The second-order valence-corrected chi connectivity index (χ2v) is 5.27. The number of aryl methyl sites for hydroxylation is 1. The van der Waals surface area contributed by atoms with E-state index < -0.39 is 11.6 Å². The Kier molecular flexibility index (Phi) is 3.53. The van der Waals surface area contributed by atoms with Crippen molar-refractivity contribution in [3.8, 4) is 0 Å². The van der Waals surface area contributed by atoms with E-state index in [4.69, 9.17) is 0 Å². The summed E-state index contributed by atoms with van der Waals surface area (Å²) in [6, 6.07) is 3.83. The van der Waals surface area contributed by atoms with E-state index in [1.54, 1.807) is 0 Å². The lowest BCUT2D eigenvalue weighted by atomic mass is 9.93. The summed E-state index contributed by atoms with van der Waals surface area (Å²) in [5.41, 5.74) is 3.08. The second-order valence-electron chi connectivity index (χ2n) is 5.27. The molecule has 2 aromatic rings. The highest BCUT2D eigenvalue weighted by Gasteiger charge is 2.22. The lowest BCUT2D eigenvalue weighted by Gasteiger charge is -2.24. The Morgan fingerprint density at radius 1 is 1.30 bits per heavy atom. The standard InChI is InChI=1S/C15H17F2N3/c1-20-15-4-2-3-14(13(15)9-19-20)18-8-10-5-11(16)7-12(17)6-10/h5-7,9,14,18H,2-4,8H2,1H3. The van der Waals surface area contributed by atoms with E-state index in [2.05, 4.69) is 10.4 Å². The first-order valence-corrected chi connectivity index (χ1v) is 6.82. The van der Waals surface area contributed by atoms with Gasteiger partial charge in [0.2, 0.25) is 0 Å². The van der Waals surface area contributed by atoms with Crippen molar-refractivity contribution in [3.05, 3.63) is 52.9 Å². The maximum atomic E-state index is 13.2. The molecule has 0 radical (unpaired) electrons. The first-order valence-electron chi connectivity index (χ1n) is 6.82. The van der Waals surface area contributed by atoms with Crippen molar-refractivity contribution in [1.82, 2.24) is 15.1 Å². The number of hydrogen-bond acceptors (Lipinski definition) is 2. The van der Waals surface area contributed by atoms with Crippen molar-refractivity contribution in [2.45, 2.75) is 31.8 Å². The lowest BCUT2D eigenvalue weighted by Crippen LogP contribution is -2.25. The first-order chi connectivity index (χ1) is 9.63. The molecule has 0 saturated carbocycles. The third-order valence-electron chi connectivity index (χ3n) is 3.85. The number of nitrogens with one attached hydrogen (secondary N) is 1. The Balaban J connectivity index is 1.73. The molecule has 1 heterocycles. The molecule has 5 heteroatoms. The highest BCUT2D eigenvalue weighted by atomic mass is 19.1. The maximum absolute atomic E-state index is 13.2. The van der Waals surface area contributed by atoms with E-state index in [0.29, 0.717) is 12.1 Å². The molecular formula is C15H17F2N3. The molecule has 3 nitrogen and oxygen atoms in total. The SMILES string of the molecule is Cn1ncc2c1CCCC2NCc1cc(F)cc(F)c1. The fourth-order valence-corrected chi connectivity index (χ4v) is 2.87. The molecule has 0 spiro atoms. The zero-order valence-electron chi connectivity index (χ0n) is 11.4. The third kappa shape index (κ3) is 2.58. The Morgan fingerprint density at radius 3 is 2.80 bits per heavy atom. The zero-order chi connectivity index (χ0) is 14.1. The van der Waals surface area contributed by atoms with Crippen LogP contribution in [-0.4, -0.2) is 9.78 Å². The number of halogens is 2. The maximum Gasteiger partial charge on any atom is 0.126 e. The van der Waals surface area contributed by atoms with Crippen LogP contribution in [0.15, 0.2) is 24.4 Å². The molecule has 0 saturated heterocycles. The summed E-state index contributed by atoms with van der Waals surface area (Å²) in [7, 11) is 1.95. The quantitative estimate of drug-likeness (QED) is 0.935. The van der Waals surface area contributed by atoms with Gasteiger partial charge in [-0.25, -0.2) is 8.78 Å². The molecule has 0 aliphatic heterocycles. The zero-order valence-corrected chi connectivity index (χ0v) is 11.4. The van der Waals surface area contributed by atoms with Gasteiger partial charge in [-0.3, -0.25) is 4.68 Å². The Bertz CT molecular complexity index is 601. The highest BCUT2D eigenvalue weighted by Crippen LogP contribution is 2.29. The molecule has 0 bridgehead atoms. The molecule has 0 fully saturated rings. The van der Waals surface area contributed by atoms with Gasteiger partial charge < -0.3 is 5.32 Å². The van der Waals surface area contributed by atoms with Gasteiger partial charge >= 0.3 is 0 Å². The summed E-state index contributed by atoms with van der Waals surface area (Å²) in [4.78, 5) is 0. The van der Waals surface area contributed by atoms with E-state index in [1.807, 2.05) is 17.9 Å². The predicted octanol–water partition coefficient (Wildman–Crippen LogP) is 2.87. The third-order valence-corrected chi connectivity index (χ3v) is 3.85. The van der Waals surface area contributed by atoms with Crippen LogP contribution < -0.4 is 5.32 Å². The van der Waals surface area contributed by atoms with Gasteiger partial charge in [-0.2, -0.15) is 5.10 Å². The monoisotopic (exact) mass is 277 g/mol. The largest absolute Gasteiger partial charge is 0.306 e. The summed E-state index contributed by atoms with van der Waals surface area (Å²) < 4.78 is 28.2. The molecular weight excluding hydrogens is 260 g/mol. The smallest absolute Gasteiger partial charge is 0.126 e. The average molecular weight is 277 g/mol. The van der Waals surface area contributed by atoms with Crippen LogP contribution in [0, 0.1) is 11.6 Å². The normalized spacial score (nSPS) is 18.1. The van der Waals surface area contributed by atoms with E-state index in [0.717, 1.165) is 25.3 Å². The number of nitrogens with zero attached hydrogens (tertiary/aromatic N) is 2. The fraction of sp³-hybridized carbons (Fsp3) is 0.400. The van der Waals surface area contributed by atoms with Gasteiger partial charge in [0.1, 0.15) is 11.6 Å². The van der Waals surface area contributed by atoms with E-state index >= 15 is 0 Å². The summed E-state index contributed by atoms with van der Waals surface area (Å²) in [6.45, 7) is 0.452. The number of hydrogen-bond donors (Lipinski definition) is 1. The number of fused-ring (bicyclic) bond motifs is 1. The molecule has 1 aromatic carbocycles. The Labute approximate surface area is 116 Å². The molecule has 1 aliphatic carbocycles. The van der Waals surface area contributed by atoms with Gasteiger partial charge in [-0.15, -0.1) is 0 Å². The summed E-state index contributed by atoms with van der Waals surface area (Å²) >= 11 is 0. The summed E-state index contributed by atoms with van der Waals surface area (Å²) in [5.74, 6) is -1.07. The molecule has 1 aliphatic rings. The Hall–Kier alpha value is -1.75. The van der Waals surface area contributed by atoms with Crippen molar-refractivity contribution in [2.75, 3.05) is 0 Å². The van der Waals surface area contributed by atoms with Crippen molar-refractivity contribution in [1.29, 1.82) is 0 Å². The van der Waals surface area contributed by atoms with Crippen LogP contribution in [0.5, 0.6) is 0 Å². The topological polar surface area (TPSA) is 29.9 Å². The van der Waals surface area contributed by atoms with Gasteiger partial charge in [0.25, 0.3) is 0 Å². The van der Waals surface area contributed by atoms with Gasteiger partial charge in [0, 0.05) is 37.0 Å². The average Bonchev–Trinajstić information content (AvgIpc) is 2.78. The summed E-state index contributed by atoms with van der Waals surface area (Å²) in [6.07, 6.45) is 5.05. The number of rotatable bonds is 3. The predicted molar refractivity (Wildman–Crippen MR) is 72.1 cm³/mol. The fourth-order valence-electron chi connectivity index (χ4n) is 2.87. The molecule has 1 atom stereocenters. The minimum Gasteiger partial charge on any atom is -0.306 e. The van der Waals surface area contributed by atoms with Crippen molar-refractivity contribution in [2.24, 2.45) is 7.05 Å². The highest BCUT2D eigenvalue weighted by molar-refractivity contribution is 5.25. The molecule has 0 amide bonds. The number of benzene rings is 1. The minimum atomic E-state index is -0.535. The van der Waals surface area contributed by atoms with Crippen LogP contribution in [-0.2, 0) is 20.0 Å². The first kappa shape index (κ1) is 13.2. The van der Waals surface area contributed by atoms with Crippen LogP contribution in [0.25, 0.3) is 0 Å². The Morgan fingerprint density at radius 2 is 2.05 bits per heavy atom. The molecule has 106 valence electrons. The lowest BCUT2D eigenvalue weighted by molar-refractivity contribution is 0.450. The van der Waals surface area contributed by atoms with Crippen LogP contribution in [0.3, 0.4) is 0 Å². The van der Waals surface area contributed by atoms with Crippen molar-refractivity contribution in [3.63, 3.8) is 0 Å². The van der Waals surface area contributed by atoms with E-state index in [1.165, 1.54) is 23.4 Å².